The number of carbonyl (C=O) groups is 1. The lowest BCUT2D eigenvalue weighted by molar-refractivity contribution is -0.131. The van der Waals surface area contributed by atoms with Crippen LogP contribution >= 0.6 is 0 Å². The Morgan fingerprint density at radius 3 is 2.76 bits per heavy atom. The van der Waals surface area contributed by atoms with Crippen LogP contribution < -0.4 is 4.90 Å². The molecule has 1 aliphatic heterocycles. The fourth-order valence-electron chi connectivity index (χ4n) is 3.97. The molecule has 3 rings (SSSR count). The van der Waals surface area contributed by atoms with E-state index in [-0.39, 0.29) is 0 Å². The van der Waals surface area contributed by atoms with Crippen LogP contribution in [0.15, 0.2) is 30.3 Å². The number of piperidine rings is 1. The van der Waals surface area contributed by atoms with Crippen LogP contribution in [0.4, 0.5) is 5.69 Å². The van der Waals surface area contributed by atoms with Gasteiger partial charge in [-0.15, -0.1) is 0 Å². The summed E-state index contributed by atoms with van der Waals surface area (Å²) in [5.41, 5.74) is 2.22. The first-order valence-corrected chi connectivity index (χ1v) is 8.02. The number of hydrogen-bond acceptors (Lipinski definition) is 2. The van der Waals surface area contributed by atoms with Crippen molar-refractivity contribution in [3.05, 3.63) is 35.9 Å². The Labute approximate surface area is 126 Å². The van der Waals surface area contributed by atoms with Gasteiger partial charge in [0.25, 0.3) is 0 Å². The van der Waals surface area contributed by atoms with Gasteiger partial charge in [0.15, 0.2) is 0 Å². The van der Waals surface area contributed by atoms with E-state index >= 15 is 0 Å². The minimum absolute atomic E-state index is 0.645. The van der Waals surface area contributed by atoms with Gasteiger partial charge < -0.3 is 10.0 Å². The number of benzene rings is 1. The molecule has 2 atom stereocenters. The van der Waals surface area contributed by atoms with Crippen molar-refractivity contribution >= 4 is 17.7 Å². The molecule has 0 spiro atoms. The summed E-state index contributed by atoms with van der Waals surface area (Å²) < 4.78 is 0. The maximum atomic E-state index is 10.8. The number of carboxylic acids is 1. The summed E-state index contributed by atoms with van der Waals surface area (Å²) in [6, 6.07) is 8.83. The standard InChI is InChI=1S/C18H23NO2/c20-18(21)12-11-15-7-2-4-10-17(15)19-13-5-8-14-6-1-3-9-16(14)19/h2,4,7,10-12,14,16H,1,3,5-6,8-9,13H2,(H,20,21)/b12-11+/t14-,16-/m1/s1. The van der Waals surface area contributed by atoms with E-state index in [1.54, 1.807) is 6.08 Å². The maximum absolute atomic E-state index is 10.8. The zero-order chi connectivity index (χ0) is 14.7. The summed E-state index contributed by atoms with van der Waals surface area (Å²) in [5, 5.41) is 8.86. The van der Waals surface area contributed by atoms with Gasteiger partial charge in [0.05, 0.1) is 0 Å². The van der Waals surface area contributed by atoms with Gasteiger partial charge >= 0.3 is 5.97 Å². The van der Waals surface area contributed by atoms with Gasteiger partial charge in [-0.05, 0) is 49.3 Å². The molecule has 2 fully saturated rings. The summed E-state index contributed by atoms with van der Waals surface area (Å²) in [5.74, 6) is -0.0667. The monoisotopic (exact) mass is 285 g/mol. The molecule has 1 aromatic rings. The zero-order valence-corrected chi connectivity index (χ0v) is 12.4. The number of hydrogen-bond donors (Lipinski definition) is 1. The molecule has 0 radical (unpaired) electrons. The molecule has 1 heterocycles. The Morgan fingerprint density at radius 1 is 1.14 bits per heavy atom. The Kier molecular flexibility index (Phi) is 4.28. The van der Waals surface area contributed by atoms with Crippen LogP contribution in [0.25, 0.3) is 6.08 Å². The Balaban J connectivity index is 1.89. The molecular weight excluding hydrogens is 262 g/mol. The van der Waals surface area contributed by atoms with Gasteiger partial charge in [0.1, 0.15) is 0 Å². The number of aliphatic carboxylic acids is 1. The van der Waals surface area contributed by atoms with Crippen molar-refractivity contribution in [2.45, 2.75) is 44.6 Å². The fraction of sp³-hybridized carbons (Fsp3) is 0.500. The Hall–Kier alpha value is -1.77. The third-order valence-corrected chi connectivity index (χ3v) is 4.89. The van der Waals surface area contributed by atoms with E-state index in [0.29, 0.717) is 6.04 Å². The second-order valence-corrected chi connectivity index (χ2v) is 6.18. The van der Waals surface area contributed by atoms with Crippen LogP contribution in [-0.2, 0) is 4.79 Å². The normalized spacial score (nSPS) is 25.8. The van der Waals surface area contributed by atoms with Crippen molar-refractivity contribution in [1.82, 2.24) is 0 Å². The second-order valence-electron chi connectivity index (χ2n) is 6.18. The summed E-state index contributed by atoms with van der Waals surface area (Å²) in [7, 11) is 0. The van der Waals surface area contributed by atoms with Crippen LogP contribution in [0.3, 0.4) is 0 Å². The fourth-order valence-corrected chi connectivity index (χ4v) is 3.97. The molecule has 112 valence electrons. The Morgan fingerprint density at radius 2 is 1.90 bits per heavy atom. The number of nitrogens with zero attached hydrogens (tertiary/aromatic N) is 1. The van der Waals surface area contributed by atoms with E-state index in [1.807, 2.05) is 12.1 Å². The third-order valence-electron chi connectivity index (χ3n) is 4.89. The average Bonchev–Trinajstić information content (AvgIpc) is 2.53. The lowest BCUT2D eigenvalue weighted by Crippen LogP contribution is -2.47. The average molecular weight is 285 g/mol. The van der Waals surface area contributed by atoms with Crippen molar-refractivity contribution < 1.29 is 9.90 Å². The largest absolute Gasteiger partial charge is 0.478 e. The van der Waals surface area contributed by atoms with Gasteiger partial charge in [0, 0.05) is 24.4 Å². The van der Waals surface area contributed by atoms with Gasteiger partial charge in [-0.3, -0.25) is 0 Å². The van der Waals surface area contributed by atoms with Gasteiger partial charge in [-0.25, -0.2) is 4.79 Å². The molecule has 3 nitrogen and oxygen atoms in total. The number of para-hydroxylation sites is 1. The molecule has 1 saturated carbocycles. The number of carboxylic acid groups (broad SMARTS) is 1. The molecule has 1 saturated heterocycles. The van der Waals surface area contributed by atoms with Crippen LogP contribution in [0.5, 0.6) is 0 Å². The van der Waals surface area contributed by atoms with Crippen molar-refractivity contribution in [1.29, 1.82) is 0 Å². The Bertz CT molecular complexity index is 536. The zero-order valence-electron chi connectivity index (χ0n) is 12.4. The molecular formula is C18H23NO2. The summed E-state index contributed by atoms with van der Waals surface area (Å²) in [6.45, 7) is 1.10. The molecule has 1 aromatic carbocycles. The van der Waals surface area contributed by atoms with Crippen LogP contribution in [0.2, 0.25) is 0 Å². The first-order valence-electron chi connectivity index (χ1n) is 8.02. The second kappa shape index (κ2) is 6.33. The molecule has 1 aliphatic carbocycles. The van der Waals surface area contributed by atoms with Crippen LogP contribution in [-0.4, -0.2) is 23.7 Å². The summed E-state index contributed by atoms with van der Waals surface area (Å²) in [6.07, 6.45) is 10.9. The highest BCUT2D eigenvalue weighted by molar-refractivity contribution is 5.87. The molecule has 3 heteroatoms. The van der Waals surface area contributed by atoms with Crippen molar-refractivity contribution in [3.63, 3.8) is 0 Å². The number of rotatable bonds is 3. The van der Waals surface area contributed by atoms with Crippen molar-refractivity contribution in [3.8, 4) is 0 Å². The molecule has 0 aromatic heterocycles. The molecule has 1 N–H and O–H groups in total. The smallest absolute Gasteiger partial charge is 0.328 e. The van der Waals surface area contributed by atoms with Gasteiger partial charge in [-0.1, -0.05) is 31.0 Å². The quantitative estimate of drug-likeness (QED) is 0.855. The highest BCUT2D eigenvalue weighted by atomic mass is 16.4. The van der Waals surface area contributed by atoms with E-state index in [2.05, 4.69) is 17.0 Å². The summed E-state index contributed by atoms with van der Waals surface area (Å²) >= 11 is 0. The van der Waals surface area contributed by atoms with E-state index < -0.39 is 5.97 Å². The molecule has 0 bridgehead atoms. The van der Waals surface area contributed by atoms with Crippen molar-refractivity contribution in [2.24, 2.45) is 5.92 Å². The highest BCUT2D eigenvalue weighted by Crippen LogP contribution is 2.38. The molecule has 21 heavy (non-hydrogen) atoms. The number of anilines is 1. The minimum atomic E-state index is -0.890. The first kappa shape index (κ1) is 14.2. The van der Waals surface area contributed by atoms with E-state index in [1.165, 1.54) is 50.3 Å². The molecule has 0 amide bonds. The topological polar surface area (TPSA) is 40.5 Å². The van der Waals surface area contributed by atoms with Crippen LogP contribution in [0.1, 0.15) is 44.1 Å². The van der Waals surface area contributed by atoms with Gasteiger partial charge in [0.2, 0.25) is 0 Å². The first-order chi connectivity index (χ1) is 10.3. The van der Waals surface area contributed by atoms with E-state index in [0.717, 1.165) is 18.0 Å². The predicted octanol–water partition coefficient (Wildman–Crippen LogP) is 3.94. The van der Waals surface area contributed by atoms with Crippen LogP contribution in [0, 0.1) is 5.92 Å². The minimum Gasteiger partial charge on any atom is -0.478 e. The highest BCUT2D eigenvalue weighted by Gasteiger charge is 2.33. The van der Waals surface area contributed by atoms with E-state index in [9.17, 15) is 4.79 Å². The van der Waals surface area contributed by atoms with Gasteiger partial charge in [-0.2, -0.15) is 0 Å². The molecule has 0 unspecified atom stereocenters. The lowest BCUT2D eigenvalue weighted by Gasteiger charge is -2.46. The maximum Gasteiger partial charge on any atom is 0.328 e. The summed E-state index contributed by atoms with van der Waals surface area (Å²) in [4.78, 5) is 13.3. The molecule has 2 aliphatic rings. The SMILES string of the molecule is O=C(O)/C=C/c1ccccc1N1CCC[C@H]2CCCC[C@H]21. The lowest BCUT2D eigenvalue weighted by atomic mass is 9.78. The van der Waals surface area contributed by atoms with Crippen molar-refractivity contribution in [2.75, 3.05) is 11.4 Å². The number of fused-ring (bicyclic) bond motifs is 1. The van der Waals surface area contributed by atoms with E-state index in [4.69, 9.17) is 5.11 Å². The third kappa shape index (κ3) is 3.12. The predicted molar refractivity (Wildman–Crippen MR) is 85.4 cm³/mol.